The van der Waals surface area contributed by atoms with Crippen LogP contribution in [0.1, 0.15) is 36.0 Å². The monoisotopic (exact) mass is 373 g/mol. The number of thiophene rings is 1. The van der Waals surface area contributed by atoms with Crippen molar-refractivity contribution in [2.45, 2.75) is 27.7 Å². The first-order chi connectivity index (χ1) is 12.2. The summed E-state index contributed by atoms with van der Waals surface area (Å²) in [4.78, 5) is 27.3. The van der Waals surface area contributed by atoms with Crippen LogP contribution in [0, 0.1) is 12.3 Å². The van der Waals surface area contributed by atoms with E-state index in [4.69, 9.17) is 0 Å². The number of aryl methyl sites for hydroxylation is 1. The molecule has 2 rings (SSSR count). The Morgan fingerprint density at radius 1 is 1.15 bits per heavy atom. The van der Waals surface area contributed by atoms with Crippen molar-refractivity contribution in [1.82, 2.24) is 5.32 Å². The fourth-order valence-corrected chi connectivity index (χ4v) is 3.28. The maximum absolute atomic E-state index is 12.4. The highest BCUT2D eigenvalue weighted by molar-refractivity contribution is 7.18. The Bertz CT molecular complexity index is 763. The van der Waals surface area contributed by atoms with E-state index in [1.165, 1.54) is 11.3 Å². The molecule has 2 N–H and O–H groups in total. The molecule has 0 saturated carbocycles. The number of carbonyl (C=O) groups is 2. The third kappa shape index (κ3) is 5.33. The smallest absolute Gasteiger partial charge is 0.261 e. The van der Waals surface area contributed by atoms with Gasteiger partial charge in [-0.05, 0) is 30.7 Å². The summed E-state index contributed by atoms with van der Waals surface area (Å²) in [5.74, 6) is -0.166. The predicted molar refractivity (Wildman–Crippen MR) is 109 cm³/mol. The van der Waals surface area contributed by atoms with E-state index in [2.05, 4.69) is 15.5 Å². The molecule has 26 heavy (non-hydrogen) atoms. The highest BCUT2D eigenvalue weighted by Crippen LogP contribution is 2.28. The van der Waals surface area contributed by atoms with Gasteiger partial charge in [-0.2, -0.15) is 0 Å². The van der Waals surface area contributed by atoms with Crippen molar-refractivity contribution in [3.8, 4) is 0 Å². The summed E-state index contributed by atoms with van der Waals surface area (Å²) in [6, 6.07) is 11.9. The summed E-state index contributed by atoms with van der Waals surface area (Å²) >= 11 is 1.31. The van der Waals surface area contributed by atoms with E-state index in [9.17, 15) is 9.59 Å². The number of carbonyl (C=O) groups excluding carboxylic acids is 2. The number of hydrogen-bond acceptors (Lipinski definition) is 4. The fraction of sp³-hybridized carbons (Fsp3) is 0.400. The minimum Gasteiger partial charge on any atom is -0.373 e. The second kappa shape index (κ2) is 8.36. The van der Waals surface area contributed by atoms with Crippen LogP contribution in [0.5, 0.6) is 0 Å². The van der Waals surface area contributed by atoms with Gasteiger partial charge in [0.2, 0.25) is 5.91 Å². The second-order valence-electron chi connectivity index (χ2n) is 7.34. The van der Waals surface area contributed by atoms with Crippen LogP contribution in [0.2, 0.25) is 0 Å². The number of nitrogens with one attached hydrogen (secondary N) is 2. The highest BCUT2D eigenvalue weighted by atomic mass is 32.1. The highest BCUT2D eigenvalue weighted by Gasteiger charge is 2.23. The molecule has 1 aromatic carbocycles. The van der Waals surface area contributed by atoms with Crippen molar-refractivity contribution < 1.29 is 9.59 Å². The van der Waals surface area contributed by atoms with Gasteiger partial charge in [0.15, 0.2) is 0 Å². The van der Waals surface area contributed by atoms with Gasteiger partial charge in [-0.1, -0.05) is 39.0 Å². The molecule has 0 saturated heterocycles. The summed E-state index contributed by atoms with van der Waals surface area (Å²) in [6.07, 6.45) is 0. The Morgan fingerprint density at radius 3 is 2.42 bits per heavy atom. The normalized spacial score (nSPS) is 11.1. The van der Waals surface area contributed by atoms with Crippen molar-refractivity contribution in [3.05, 3.63) is 46.8 Å². The zero-order valence-corrected chi connectivity index (χ0v) is 16.9. The number of amides is 2. The zero-order chi connectivity index (χ0) is 19.3. The van der Waals surface area contributed by atoms with E-state index in [1.807, 2.05) is 71.1 Å². The molecule has 0 spiro atoms. The molecule has 0 aliphatic heterocycles. The molecule has 2 amide bonds. The Hall–Kier alpha value is -2.34. The Kier molecular flexibility index (Phi) is 6.42. The molecule has 140 valence electrons. The molecule has 0 aliphatic rings. The molecule has 5 nitrogen and oxygen atoms in total. The molecule has 0 unspecified atom stereocenters. The maximum atomic E-state index is 12.4. The number of likely N-dealkylation sites (N-methyl/N-ethyl adjacent to an activating group) is 1. The van der Waals surface area contributed by atoms with Gasteiger partial charge in [-0.15, -0.1) is 11.3 Å². The number of benzene rings is 1. The van der Waals surface area contributed by atoms with Crippen LogP contribution in [-0.4, -0.2) is 32.0 Å². The van der Waals surface area contributed by atoms with Gasteiger partial charge in [0, 0.05) is 31.2 Å². The van der Waals surface area contributed by atoms with Crippen LogP contribution in [-0.2, 0) is 4.79 Å². The second-order valence-corrected chi connectivity index (χ2v) is 8.39. The molecule has 2 aromatic rings. The van der Waals surface area contributed by atoms with Crippen molar-refractivity contribution in [1.29, 1.82) is 0 Å². The summed E-state index contributed by atoms with van der Waals surface area (Å²) in [7, 11) is 2.00. The summed E-state index contributed by atoms with van der Waals surface area (Å²) < 4.78 is 0. The molecule has 1 aromatic heterocycles. The van der Waals surface area contributed by atoms with E-state index in [0.29, 0.717) is 23.0 Å². The van der Waals surface area contributed by atoms with Crippen LogP contribution in [0.4, 0.5) is 10.7 Å². The van der Waals surface area contributed by atoms with Crippen molar-refractivity contribution in [2.24, 2.45) is 5.41 Å². The summed E-state index contributed by atoms with van der Waals surface area (Å²) in [5.41, 5.74) is 1.51. The first-order valence-corrected chi connectivity index (χ1v) is 9.46. The lowest BCUT2D eigenvalue weighted by Gasteiger charge is -2.19. The fourth-order valence-electron chi connectivity index (χ4n) is 2.30. The first kappa shape index (κ1) is 20.0. The van der Waals surface area contributed by atoms with Crippen LogP contribution >= 0.6 is 11.3 Å². The average Bonchev–Trinajstić information content (AvgIpc) is 2.95. The van der Waals surface area contributed by atoms with Crippen LogP contribution < -0.4 is 15.5 Å². The van der Waals surface area contributed by atoms with Crippen LogP contribution in [0.25, 0.3) is 0 Å². The minimum atomic E-state index is -0.470. The molecular formula is C20H27N3O2S. The van der Waals surface area contributed by atoms with Gasteiger partial charge in [0.05, 0.1) is 9.88 Å². The maximum Gasteiger partial charge on any atom is 0.261 e. The lowest BCUT2D eigenvalue weighted by molar-refractivity contribution is -0.123. The topological polar surface area (TPSA) is 61.4 Å². The molecule has 1 heterocycles. The lowest BCUT2D eigenvalue weighted by atomic mass is 9.96. The number of nitrogens with zero attached hydrogens (tertiary/aromatic N) is 1. The standard InChI is InChI=1S/C20H27N3O2S/c1-14-13-16(22-19(25)20(2,3)4)26-17(14)18(24)21-11-12-23(5)15-9-7-6-8-10-15/h6-10,13H,11-12H2,1-5H3,(H,21,24)(H,22,25). The lowest BCUT2D eigenvalue weighted by Crippen LogP contribution is -2.32. The SMILES string of the molecule is Cc1cc(NC(=O)C(C)(C)C)sc1C(=O)NCCN(C)c1ccccc1. The number of rotatable bonds is 6. The molecule has 0 radical (unpaired) electrons. The van der Waals surface area contributed by atoms with Gasteiger partial charge < -0.3 is 15.5 Å². The molecule has 0 bridgehead atoms. The van der Waals surface area contributed by atoms with E-state index in [1.54, 1.807) is 0 Å². The first-order valence-electron chi connectivity index (χ1n) is 8.65. The molecular weight excluding hydrogens is 346 g/mol. The van der Waals surface area contributed by atoms with Crippen molar-refractivity contribution in [3.63, 3.8) is 0 Å². The third-order valence-electron chi connectivity index (χ3n) is 3.97. The Labute approximate surface area is 159 Å². The molecule has 0 atom stereocenters. The Balaban J connectivity index is 1.90. The zero-order valence-electron chi connectivity index (χ0n) is 16.1. The van der Waals surface area contributed by atoms with Gasteiger partial charge in [-0.3, -0.25) is 9.59 Å². The molecule has 6 heteroatoms. The molecule has 0 aliphatic carbocycles. The molecule has 0 fully saturated rings. The van der Waals surface area contributed by atoms with Gasteiger partial charge >= 0.3 is 0 Å². The summed E-state index contributed by atoms with van der Waals surface area (Å²) in [6.45, 7) is 8.73. The largest absolute Gasteiger partial charge is 0.373 e. The van der Waals surface area contributed by atoms with Gasteiger partial charge in [0.25, 0.3) is 5.91 Å². The van der Waals surface area contributed by atoms with Crippen LogP contribution in [0.3, 0.4) is 0 Å². The minimum absolute atomic E-state index is 0.0600. The predicted octanol–water partition coefficient (Wildman–Crippen LogP) is 3.91. The van der Waals surface area contributed by atoms with Crippen molar-refractivity contribution in [2.75, 3.05) is 30.4 Å². The number of para-hydroxylation sites is 1. The third-order valence-corrected chi connectivity index (χ3v) is 5.12. The van der Waals surface area contributed by atoms with E-state index < -0.39 is 5.41 Å². The quantitative estimate of drug-likeness (QED) is 0.807. The average molecular weight is 374 g/mol. The van der Waals surface area contributed by atoms with Crippen molar-refractivity contribution >= 4 is 33.8 Å². The van der Waals surface area contributed by atoms with Gasteiger partial charge in [0.1, 0.15) is 0 Å². The van der Waals surface area contributed by atoms with E-state index in [-0.39, 0.29) is 11.8 Å². The number of anilines is 2. The van der Waals surface area contributed by atoms with Crippen LogP contribution in [0.15, 0.2) is 36.4 Å². The van der Waals surface area contributed by atoms with E-state index >= 15 is 0 Å². The number of hydrogen-bond donors (Lipinski definition) is 2. The van der Waals surface area contributed by atoms with Gasteiger partial charge in [-0.25, -0.2) is 0 Å². The Morgan fingerprint density at radius 2 is 1.81 bits per heavy atom. The summed E-state index contributed by atoms with van der Waals surface area (Å²) in [5, 5.41) is 6.54. The van der Waals surface area contributed by atoms with E-state index in [0.717, 1.165) is 11.3 Å².